The number of anilines is 2. The number of benzene rings is 1. The van der Waals surface area contributed by atoms with Crippen LogP contribution < -0.4 is 14.8 Å². The Balaban J connectivity index is 3.20. The number of nitrogens with one attached hydrogen (secondary N) is 1. The molecule has 0 atom stereocenters. The second-order valence-electron chi connectivity index (χ2n) is 2.93. The lowest BCUT2D eigenvalue weighted by atomic mass is 10.3. The summed E-state index contributed by atoms with van der Waals surface area (Å²) in [5, 5.41) is 0. The molecular weight excluding hydrogens is 214 g/mol. The number of hydrogen-bond acceptors (Lipinski definition) is 3. The lowest BCUT2D eigenvalue weighted by Gasteiger charge is -2.23. The summed E-state index contributed by atoms with van der Waals surface area (Å²) in [6.07, 6.45) is 0. The van der Waals surface area contributed by atoms with Crippen LogP contribution in [0, 0.1) is 0 Å². The highest BCUT2D eigenvalue weighted by Crippen LogP contribution is 2.23. The summed E-state index contributed by atoms with van der Waals surface area (Å²) in [6.45, 7) is 2.08. The maximum atomic E-state index is 11.6. The van der Waals surface area contributed by atoms with Crippen LogP contribution in [0.4, 0.5) is 11.4 Å². The maximum absolute atomic E-state index is 11.6. The van der Waals surface area contributed by atoms with Crippen molar-refractivity contribution in [2.24, 2.45) is 0 Å². The van der Waals surface area contributed by atoms with Gasteiger partial charge in [-0.15, -0.1) is 0 Å². The van der Waals surface area contributed by atoms with Crippen molar-refractivity contribution in [3.8, 4) is 0 Å². The van der Waals surface area contributed by atoms with Gasteiger partial charge in [-0.3, -0.25) is 4.31 Å². The van der Waals surface area contributed by atoms with Crippen molar-refractivity contribution in [1.82, 2.24) is 4.72 Å². The van der Waals surface area contributed by atoms with E-state index in [2.05, 4.69) is 4.72 Å². The Hall–Kier alpha value is -1.27. The van der Waals surface area contributed by atoms with Crippen LogP contribution in [0.2, 0.25) is 0 Å². The zero-order chi connectivity index (χ0) is 11.5. The van der Waals surface area contributed by atoms with Crippen molar-refractivity contribution in [2.75, 3.05) is 23.6 Å². The van der Waals surface area contributed by atoms with E-state index in [0.29, 0.717) is 17.9 Å². The Bertz CT molecular complexity index is 431. The van der Waals surface area contributed by atoms with Gasteiger partial charge in [-0.25, -0.2) is 4.72 Å². The molecule has 0 aliphatic carbocycles. The van der Waals surface area contributed by atoms with Gasteiger partial charge in [0.25, 0.3) is 0 Å². The summed E-state index contributed by atoms with van der Waals surface area (Å²) in [4.78, 5) is 0. The van der Waals surface area contributed by atoms with E-state index in [1.165, 1.54) is 11.4 Å². The summed E-state index contributed by atoms with van der Waals surface area (Å²) in [5.41, 5.74) is 6.65. The van der Waals surface area contributed by atoms with Crippen molar-refractivity contribution < 1.29 is 8.42 Å². The highest BCUT2D eigenvalue weighted by atomic mass is 32.2. The molecule has 1 rings (SSSR count). The molecule has 1 aromatic rings. The highest BCUT2D eigenvalue weighted by molar-refractivity contribution is 7.90. The monoisotopic (exact) mass is 229 g/mol. The molecule has 0 heterocycles. The molecule has 3 N–H and O–H groups in total. The molecule has 0 aliphatic rings. The van der Waals surface area contributed by atoms with Crippen LogP contribution >= 0.6 is 0 Å². The van der Waals surface area contributed by atoms with Crippen LogP contribution in [0.25, 0.3) is 0 Å². The fourth-order valence-corrected chi connectivity index (χ4v) is 2.28. The summed E-state index contributed by atoms with van der Waals surface area (Å²) in [5.74, 6) is 0. The molecule has 15 heavy (non-hydrogen) atoms. The van der Waals surface area contributed by atoms with Crippen LogP contribution in [-0.2, 0) is 10.2 Å². The third kappa shape index (κ3) is 2.40. The lowest BCUT2D eigenvalue weighted by molar-refractivity contribution is 0.584. The molecule has 5 nitrogen and oxygen atoms in total. The molecule has 0 saturated carbocycles. The van der Waals surface area contributed by atoms with Crippen molar-refractivity contribution in [2.45, 2.75) is 6.92 Å². The van der Waals surface area contributed by atoms with E-state index >= 15 is 0 Å². The second kappa shape index (κ2) is 4.50. The van der Waals surface area contributed by atoms with Crippen molar-refractivity contribution in [3.05, 3.63) is 24.3 Å². The maximum Gasteiger partial charge on any atom is 0.301 e. The molecule has 0 bridgehead atoms. The van der Waals surface area contributed by atoms with Gasteiger partial charge in [-0.05, 0) is 19.1 Å². The first-order valence-electron chi connectivity index (χ1n) is 4.58. The number of nitrogen functional groups attached to an aromatic ring is 1. The van der Waals surface area contributed by atoms with Crippen molar-refractivity contribution in [3.63, 3.8) is 0 Å². The van der Waals surface area contributed by atoms with E-state index in [1.807, 2.05) is 0 Å². The average Bonchev–Trinajstić information content (AvgIpc) is 2.21. The number of para-hydroxylation sites is 2. The van der Waals surface area contributed by atoms with Crippen LogP contribution in [0.15, 0.2) is 24.3 Å². The molecule has 1 aromatic carbocycles. The summed E-state index contributed by atoms with van der Waals surface area (Å²) >= 11 is 0. The Morgan fingerprint density at radius 2 is 2.00 bits per heavy atom. The van der Waals surface area contributed by atoms with Crippen LogP contribution in [0.3, 0.4) is 0 Å². The van der Waals surface area contributed by atoms with E-state index in [9.17, 15) is 8.42 Å². The van der Waals surface area contributed by atoms with Gasteiger partial charge in [-0.2, -0.15) is 8.42 Å². The minimum absolute atomic E-state index is 0.331. The van der Waals surface area contributed by atoms with Crippen LogP contribution in [0.5, 0.6) is 0 Å². The van der Waals surface area contributed by atoms with Gasteiger partial charge in [-0.1, -0.05) is 12.1 Å². The minimum Gasteiger partial charge on any atom is -0.397 e. The lowest BCUT2D eigenvalue weighted by Crippen LogP contribution is -2.39. The van der Waals surface area contributed by atoms with Gasteiger partial charge in [0.05, 0.1) is 11.4 Å². The first-order valence-corrected chi connectivity index (χ1v) is 6.02. The Labute approximate surface area is 90.1 Å². The smallest absolute Gasteiger partial charge is 0.301 e. The number of nitrogens with two attached hydrogens (primary N) is 1. The quantitative estimate of drug-likeness (QED) is 0.741. The number of nitrogens with zero attached hydrogens (tertiary/aromatic N) is 1. The molecule has 6 heteroatoms. The molecule has 0 unspecified atom stereocenters. The van der Waals surface area contributed by atoms with Crippen molar-refractivity contribution in [1.29, 1.82) is 0 Å². The van der Waals surface area contributed by atoms with Gasteiger partial charge in [0, 0.05) is 13.6 Å². The molecule has 84 valence electrons. The minimum atomic E-state index is -3.48. The number of hydrogen-bond donors (Lipinski definition) is 2. The molecular formula is C9H15N3O2S. The van der Waals surface area contributed by atoms with Crippen LogP contribution in [-0.4, -0.2) is 22.0 Å². The van der Waals surface area contributed by atoms with E-state index in [1.54, 1.807) is 31.2 Å². The molecule has 0 fully saturated rings. The van der Waals surface area contributed by atoms with E-state index in [0.717, 1.165) is 0 Å². The fraction of sp³-hybridized carbons (Fsp3) is 0.333. The third-order valence-corrected chi connectivity index (χ3v) is 3.59. The summed E-state index contributed by atoms with van der Waals surface area (Å²) in [7, 11) is -2.11. The van der Waals surface area contributed by atoms with Gasteiger partial charge < -0.3 is 5.73 Å². The standard InChI is InChI=1S/C9H15N3O2S/c1-3-12(15(13,14)11-2)9-7-5-4-6-8(9)10/h4-7,11H,3,10H2,1-2H3. The van der Waals surface area contributed by atoms with Crippen molar-refractivity contribution >= 4 is 21.6 Å². The summed E-state index contributed by atoms with van der Waals surface area (Å²) < 4.78 is 26.8. The third-order valence-electron chi connectivity index (χ3n) is 2.04. The Morgan fingerprint density at radius 1 is 1.40 bits per heavy atom. The molecule has 0 amide bonds. The van der Waals surface area contributed by atoms with Gasteiger partial charge in [0.2, 0.25) is 0 Å². The fourth-order valence-electron chi connectivity index (χ4n) is 1.29. The highest BCUT2D eigenvalue weighted by Gasteiger charge is 2.19. The topological polar surface area (TPSA) is 75.4 Å². The molecule has 0 aliphatic heterocycles. The van der Waals surface area contributed by atoms with Gasteiger partial charge in [0.1, 0.15) is 0 Å². The normalized spacial score (nSPS) is 11.3. The van der Waals surface area contributed by atoms with Crippen LogP contribution in [0.1, 0.15) is 6.92 Å². The predicted octanol–water partition coefficient (Wildman–Crippen LogP) is 0.559. The summed E-state index contributed by atoms with van der Waals surface area (Å²) in [6, 6.07) is 6.86. The predicted molar refractivity (Wildman–Crippen MR) is 61.9 cm³/mol. The Morgan fingerprint density at radius 3 is 2.47 bits per heavy atom. The molecule has 0 saturated heterocycles. The molecule has 0 aromatic heterocycles. The van der Waals surface area contributed by atoms with E-state index < -0.39 is 10.2 Å². The first kappa shape index (κ1) is 11.8. The second-order valence-corrected chi connectivity index (χ2v) is 4.73. The average molecular weight is 229 g/mol. The molecule has 0 radical (unpaired) electrons. The SMILES string of the molecule is CCN(c1ccccc1N)S(=O)(=O)NC. The van der Waals surface area contributed by atoms with Gasteiger partial charge in [0.15, 0.2) is 0 Å². The largest absolute Gasteiger partial charge is 0.397 e. The van der Waals surface area contributed by atoms with E-state index in [4.69, 9.17) is 5.73 Å². The zero-order valence-electron chi connectivity index (χ0n) is 8.77. The zero-order valence-corrected chi connectivity index (χ0v) is 9.58. The molecule has 0 spiro atoms. The van der Waals surface area contributed by atoms with Gasteiger partial charge >= 0.3 is 10.2 Å². The van der Waals surface area contributed by atoms with E-state index in [-0.39, 0.29) is 0 Å². The first-order chi connectivity index (χ1) is 7.03. The Kier molecular flexibility index (Phi) is 3.54. The number of rotatable bonds is 4.